The van der Waals surface area contributed by atoms with E-state index in [-0.39, 0.29) is 0 Å². The molecule has 1 fully saturated rings. The van der Waals surface area contributed by atoms with Crippen molar-refractivity contribution in [1.29, 1.82) is 0 Å². The predicted molar refractivity (Wildman–Crippen MR) is 104 cm³/mol. The highest BCUT2D eigenvalue weighted by Gasteiger charge is 2.26. The Morgan fingerprint density at radius 1 is 1.00 bits per heavy atom. The number of fused-ring (bicyclic) bond motifs is 2. The summed E-state index contributed by atoms with van der Waals surface area (Å²) in [5.41, 5.74) is 6.52. The molecule has 4 heteroatoms. The van der Waals surface area contributed by atoms with Gasteiger partial charge in [0.05, 0.1) is 19.5 Å². The topological polar surface area (TPSA) is 28.9 Å². The molecule has 4 nitrogen and oxygen atoms in total. The van der Waals surface area contributed by atoms with Gasteiger partial charge < -0.3 is 19.0 Å². The van der Waals surface area contributed by atoms with E-state index in [2.05, 4.69) is 53.2 Å². The number of benzene rings is 2. The van der Waals surface area contributed by atoms with Crippen LogP contribution in [0.2, 0.25) is 0 Å². The van der Waals surface area contributed by atoms with Gasteiger partial charge in [-0.2, -0.15) is 0 Å². The van der Waals surface area contributed by atoms with Gasteiger partial charge in [-0.25, -0.2) is 0 Å². The standard InChI is InChI=1S/C22H24N2O2/c1-23-14-18-12-19(24-7-10-25-11-8-24)4-5-20(18)21(15-23)17-3-2-16-6-9-26-22(16)13-17/h2-6,9,12-13,21H,7-8,10-11,14-15H2,1H3. The summed E-state index contributed by atoms with van der Waals surface area (Å²) in [5.74, 6) is 0.386. The molecule has 0 bridgehead atoms. The van der Waals surface area contributed by atoms with Crippen LogP contribution in [0.4, 0.5) is 5.69 Å². The highest BCUT2D eigenvalue weighted by atomic mass is 16.5. The summed E-state index contributed by atoms with van der Waals surface area (Å²) in [6.45, 7) is 5.65. The summed E-state index contributed by atoms with van der Waals surface area (Å²) < 4.78 is 11.1. The number of nitrogens with zero attached hydrogens (tertiary/aromatic N) is 2. The molecule has 0 saturated carbocycles. The van der Waals surface area contributed by atoms with Crippen LogP contribution >= 0.6 is 0 Å². The van der Waals surface area contributed by atoms with E-state index in [9.17, 15) is 0 Å². The SMILES string of the molecule is CN1Cc2cc(N3CCOCC3)ccc2C(c2ccc3ccoc3c2)C1. The molecule has 1 unspecified atom stereocenters. The summed E-state index contributed by atoms with van der Waals surface area (Å²) in [6.07, 6.45) is 1.77. The second-order valence-electron chi connectivity index (χ2n) is 7.45. The normalized spacial score (nSPS) is 21.1. The van der Waals surface area contributed by atoms with Gasteiger partial charge in [0, 0.05) is 43.2 Å². The lowest BCUT2D eigenvalue weighted by Gasteiger charge is -2.35. The Labute approximate surface area is 154 Å². The Balaban J connectivity index is 1.52. The van der Waals surface area contributed by atoms with Gasteiger partial charge >= 0.3 is 0 Å². The highest BCUT2D eigenvalue weighted by molar-refractivity contribution is 5.78. The Hall–Kier alpha value is -2.30. The number of hydrogen-bond donors (Lipinski definition) is 0. The monoisotopic (exact) mass is 348 g/mol. The van der Waals surface area contributed by atoms with Gasteiger partial charge in [0.25, 0.3) is 0 Å². The maximum atomic E-state index is 5.63. The first-order valence-electron chi connectivity index (χ1n) is 9.39. The maximum Gasteiger partial charge on any atom is 0.134 e. The minimum absolute atomic E-state index is 0.386. The number of rotatable bonds is 2. The van der Waals surface area contributed by atoms with E-state index < -0.39 is 0 Å². The van der Waals surface area contributed by atoms with E-state index in [0.717, 1.165) is 45.0 Å². The lowest BCUT2D eigenvalue weighted by Crippen LogP contribution is -2.36. The van der Waals surface area contributed by atoms with E-state index in [4.69, 9.17) is 9.15 Å². The van der Waals surface area contributed by atoms with Crippen molar-refractivity contribution in [2.24, 2.45) is 0 Å². The molecule has 0 amide bonds. The molecule has 2 aliphatic rings. The van der Waals surface area contributed by atoms with Crippen molar-refractivity contribution < 1.29 is 9.15 Å². The molecule has 1 aromatic heterocycles. The van der Waals surface area contributed by atoms with Gasteiger partial charge in [-0.3, -0.25) is 0 Å². The van der Waals surface area contributed by atoms with Crippen molar-refractivity contribution >= 4 is 16.7 Å². The molecular weight excluding hydrogens is 324 g/mol. The van der Waals surface area contributed by atoms with Crippen molar-refractivity contribution in [2.45, 2.75) is 12.5 Å². The van der Waals surface area contributed by atoms with Crippen molar-refractivity contribution in [3.05, 3.63) is 65.4 Å². The van der Waals surface area contributed by atoms with Crippen LogP contribution in [0, 0.1) is 0 Å². The average Bonchev–Trinajstić information content (AvgIpc) is 3.15. The number of hydrogen-bond acceptors (Lipinski definition) is 4. The molecule has 2 aromatic carbocycles. The zero-order chi connectivity index (χ0) is 17.5. The van der Waals surface area contributed by atoms with Gasteiger partial charge in [0.2, 0.25) is 0 Å². The first kappa shape index (κ1) is 15.9. The van der Waals surface area contributed by atoms with Crippen molar-refractivity contribution in [2.75, 3.05) is 44.8 Å². The molecule has 5 rings (SSSR count). The molecular formula is C22H24N2O2. The molecule has 3 heterocycles. The van der Waals surface area contributed by atoms with E-state index >= 15 is 0 Å². The molecule has 2 aliphatic heterocycles. The van der Waals surface area contributed by atoms with Crippen LogP contribution in [-0.4, -0.2) is 44.8 Å². The van der Waals surface area contributed by atoms with E-state index in [1.165, 1.54) is 27.8 Å². The third kappa shape index (κ3) is 2.79. The summed E-state index contributed by atoms with van der Waals surface area (Å²) in [5, 5.41) is 1.17. The number of anilines is 1. The minimum atomic E-state index is 0.386. The fraction of sp³-hybridized carbons (Fsp3) is 0.364. The van der Waals surface area contributed by atoms with Gasteiger partial charge in [-0.15, -0.1) is 0 Å². The first-order chi connectivity index (χ1) is 12.8. The second kappa shape index (κ2) is 6.45. The van der Waals surface area contributed by atoms with Gasteiger partial charge in [-0.05, 0) is 48.0 Å². The van der Waals surface area contributed by atoms with Crippen LogP contribution in [0.5, 0.6) is 0 Å². The van der Waals surface area contributed by atoms with Crippen LogP contribution in [0.25, 0.3) is 11.0 Å². The maximum absolute atomic E-state index is 5.63. The van der Waals surface area contributed by atoms with Gasteiger partial charge in [-0.1, -0.05) is 18.2 Å². The molecule has 0 spiro atoms. The van der Waals surface area contributed by atoms with Crippen molar-refractivity contribution in [3.8, 4) is 0 Å². The fourth-order valence-electron chi connectivity index (χ4n) is 4.33. The minimum Gasteiger partial charge on any atom is -0.464 e. The molecule has 0 radical (unpaired) electrons. The van der Waals surface area contributed by atoms with Crippen LogP contribution in [-0.2, 0) is 11.3 Å². The van der Waals surface area contributed by atoms with E-state index in [0.29, 0.717) is 5.92 Å². The van der Waals surface area contributed by atoms with E-state index in [1.807, 2.05) is 6.07 Å². The van der Waals surface area contributed by atoms with E-state index in [1.54, 1.807) is 6.26 Å². The van der Waals surface area contributed by atoms with Gasteiger partial charge in [0.15, 0.2) is 0 Å². The number of likely N-dealkylation sites (N-methyl/N-ethyl adjacent to an activating group) is 1. The lowest BCUT2D eigenvalue weighted by atomic mass is 9.84. The summed E-state index contributed by atoms with van der Waals surface area (Å²) >= 11 is 0. The Kier molecular flexibility index (Phi) is 3.95. The number of ether oxygens (including phenoxy) is 1. The quantitative estimate of drug-likeness (QED) is 0.703. The Morgan fingerprint density at radius 3 is 2.77 bits per heavy atom. The first-order valence-corrected chi connectivity index (χ1v) is 9.39. The van der Waals surface area contributed by atoms with Crippen molar-refractivity contribution in [3.63, 3.8) is 0 Å². The predicted octanol–water partition coefficient (Wildman–Crippen LogP) is 3.85. The molecule has 134 valence electrons. The highest BCUT2D eigenvalue weighted by Crippen LogP contribution is 2.36. The molecule has 3 aromatic rings. The Morgan fingerprint density at radius 2 is 1.88 bits per heavy atom. The lowest BCUT2D eigenvalue weighted by molar-refractivity contribution is 0.122. The molecule has 1 saturated heterocycles. The summed E-state index contributed by atoms with van der Waals surface area (Å²) in [6, 6.07) is 15.7. The van der Waals surface area contributed by atoms with Crippen LogP contribution in [0.3, 0.4) is 0 Å². The van der Waals surface area contributed by atoms with Crippen LogP contribution in [0.15, 0.2) is 53.1 Å². The number of morpholine rings is 1. The van der Waals surface area contributed by atoms with Crippen molar-refractivity contribution in [1.82, 2.24) is 4.90 Å². The molecule has 0 aliphatic carbocycles. The van der Waals surface area contributed by atoms with Crippen LogP contribution < -0.4 is 4.90 Å². The number of furan rings is 1. The summed E-state index contributed by atoms with van der Waals surface area (Å²) in [7, 11) is 2.21. The molecule has 26 heavy (non-hydrogen) atoms. The van der Waals surface area contributed by atoms with Gasteiger partial charge in [0.1, 0.15) is 5.58 Å². The average molecular weight is 348 g/mol. The zero-order valence-corrected chi connectivity index (χ0v) is 15.1. The smallest absolute Gasteiger partial charge is 0.134 e. The Bertz CT molecular complexity index is 927. The molecule has 0 N–H and O–H groups in total. The third-order valence-corrected chi connectivity index (χ3v) is 5.70. The molecule has 1 atom stereocenters. The summed E-state index contributed by atoms with van der Waals surface area (Å²) in [4.78, 5) is 4.85. The third-order valence-electron chi connectivity index (χ3n) is 5.70. The zero-order valence-electron chi connectivity index (χ0n) is 15.1. The van der Waals surface area contributed by atoms with Crippen LogP contribution in [0.1, 0.15) is 22.6 Å². The second-order valence-corrected chi connectivity index (χ2v) is 7.45. The fourth-order valence-corrected chi connectivity index (χ4v) is 4.33. The largest absolute Gasteiger partial charge is 0.464 e.